The van der Waals surface area contributed by atoms with Gasteiger partial charge in [-0.3, -0.25) is 0 Å². The Bertz CT molecular complexity index is 405. The van der Waals surface area contributed by atoms with E-state index >= 15 is 0 Å². The van der Waals surface area contributed by atoms with E-state index in [2.05, 4.69) is 0 Å². The molecule has 4 nitrogen and oxygen atoms in total. The van der Waals surface area contributed by atoms with Gasteiger partial charge in [-0.05, 0) is 0 Å². The van der Waals surface area contributed by atoms with Crippen molar-refractivity contribution in [1.82, 2.24) is 0 Å². The summed E-state index contributed by atoms with van der Waals surface area (Å²) in [6.07, 6.45) is 31.4. The van der Waals surface area contributed by atoms with Crippen molar-refractivity contribution in [2.24, 2.45) is 0 Å². The van der Waals surface area contributed by atoms with Gasteiger partial charge in [-0.15, -0.1) is 0 Å². The van der Waals surface area contributed by atoms with Crippen molar-refractivity contribution in [2.45, 2.75) is 179 Å². The normalized spacial score (nSPS) is 26.9. The second kappa shape index (κ2) is 15.1. The van der Waals surface area contributed by atoms with E-state index in [0.29, 0.717) is 0 Å². The van der Waals surface area contributed by atoms with Crippen molar-refractivity contribution >= 4 is 0 Å². The third-order valence-corrected chi connectivity index (χ3v) is 14.6. The minimum atomic E-state index is -4.23. The van der Waals surface area contributed by atoms with Gasteiger partial charge in [0.15, 0.2) is 0 Å². The fraction of sp³-hybridized carbons (Fsp3) is 1.00. The van der Waals surface area contributed by atoms with Crippen LogP contribution < -0.4 is 0 Å². The molecule has 0 radical (unpaired) electrons. The second-order valence-corrected chi connectivity index (χ2v) is 16.2. The molecule has 4 saturated carbocycles. The third-order valence-electron chi connectivity index (χ3n) is 8.45. The topological polar surface area (TPSA) is 36.9 Å². The molecule has 33 heavy (non-hydrogen) atoms. The molecule has 5 heteroatoms. The predicted molar refractivity (Wildman–Crippen MR) is 130 cm³/mol. The molecule has 0 atom stereocenters. The molecule has 0 spiro atoms. The van der Waals surface area contributed by atoms with Crippen LogP contribution in [0.2, 0.25) is 0 Å². The van der Waals surface area contributed by atoms with Crippen molar-refractivity contribution in [1.29, 1.82) is 0 Å². The van der Waals surface area contributed by atoms with Crippen LogP contribution >= 0.6 is 0 Å². The molecule has 0 N–H and O–H groups in total. The standard InChI is InChI=1S/4C7H13O.Zr/c4*8-7-5-3-1-2-4-6-7;/h4*7H,1-6H2;/q4*-1;+4. The molecule has 0 bridgehead atoms. The molecule has 4 rings (SSSR count). The molecule has 4 aliphatic carbocycles. The first-order valence-electron chi connectivity index (χ1n) is 15.0. The summed E-state index contributed by atoms with van der Waals surface area (Å²) in [5.41, 5.74) is 0. The van der Waals surface area contributed by atoms with E-state index in [1.54, 1.807) is 0 Å². The Labute approximate surface area is 211 Å². The first-order chi connectivity index (χ1) is 16.3. The fourth-order valence-corrected chi connectivity index (χ4v) is 13.6. The Balaban J connectivity index is 1.55. The first-order valence-corrected chi connectivity index (χ1v) is 19.0. The summed E-state index contributed by atoms with van der Waals surface area (Å²) in [4.78, 5) is 0. The van der Waals surface area contributed by atoms with Crippen LogP contribution in [0.5, 0.6) is 0 Å². The summed E-state index contributed by atoms with van der Waals surface area (Å²) in [6.45, 7) is 0. The molecule has 4 aliphatic rings. The van der Waals surface area contributed by atoms with Crippen LogP contribution in [-0.2, 0) is 33.3 Å². The van der Waals surface area contributed by atoms with Crippen molar-refractivity contribution in [3.8, 4) is 0 Å². The molecule has 0 aromatic heterocycles. The Hall–Kier alpha value is 0.723. The van der Waals surface area contributed by atoms with Gasteiger partial charge in [0.2, 0.25) is 0 Å². The van der Waals surface area contributed by atoms with E-state index in [9.17, 15) is 0 Å². The van der Waals surface area contributed by atoms with E-state index in [1.807, 2.05) is 0 Å². The van der Waals surface area contributed by atoms with E-state index < -0.39 is 22.0 Å². The average molecular weight is 544 g/mol. The van der Waals surface area contributed by atoms with Gasteiger partial charge in [-0.25, -0.2) is 0 Å². The van der Waals surface area contributed by atoms with E-state index in [-0.39, 0.29) is 24.4 Å². The summed E-state index contributed by atoms with van der Waals surface area (Å²) in [5, 5.41) is 0. The van der Waals surface area contributed by atoms with Gasteiger partial charge < -0.3 is 0 Å². The van der Waals surface area contributed by atoms with Crippen LogP contribution in [0.25, 0.3) is 0 Å². The molecule has 0 unspecified atom stereocenters. The van der Waals surface area contributed by atoms with Crippen molar-refractivity contribution in [2.75, 3.05) is 0 Å². The average Bonchev–Trinajstić information content (AvgIpc) is 3.39. The number of rotatable bonds is 8. The van der Waals surface area contributed by atoms with Crippen LogP contribution in [0.1, 0.15) is 154 Å². The van der Waals surface area contributed by atoms with Crippen LogP contribution in [0.15, 0.2) is 0 Å². The van der Waals surface area contributed by atoms with Gasteiger partial charge >= 0.3 is 212 Å². The molecule has 0 aliphatic heterocycles. The van der Waals surface area contributed by atoms with Crippen molar-refractivity contribution in [3.05, 3.63) is 0 Å². The maximum atomic E-state index is 7.13. The minimum absolute atomic E-state index is 0.283. The van der Waals surface area contributed by atoms with Crippen LogP contribution in [0.4, 0.5) is 0 Å². The Morgan fingerprint density at radius 1 is 0.273 bits per heavy atom. The molecular formula is C28H52O4Zr. The van der Waals surface area contributed by atoms with Crippen LogP contribution in [-0.4, -0.2) is 24.4 Å². The summed E-state index contributed by atoms with van der Waals surface area (Å²) < 4.78 is 28.5. The van der Waals surface area contributed by atoms with Gasteiger partial charge in [0.25, 0.3) is 0 Å². The van der Waals surface area contributed by atoms with E-state index in [4.69, 9.17) is 11.3 Å². The van der Waals surface area contributed by atoms with Gasteiger partial charge in [-0.1, -0.05) is 0 Å². The molecule has 0 aromatic carbocycles. The van der Waals surface area contributed by atoms with E-state index in [0.717, 1.165) is 51.4 Å². The summed E-state index contributed by atoms with van der Waals surface area (Å²) in [6, 6.07) is 0. The maximum absolute atomic E-state index is 7.13. The Morgan fingerprint density at radius 3 is 0.636 bits per heavy atom. The van der Waals surface area contributed by atoms with Gasteiger partial charge in [0.05, 0.1) is 0 Å². The SMILES string of the molecule is C1CCCC([O][Zr]([O]C2CCCCCC2)([O]C2CCCCCC2)[O]C2CCCCCC2)CC1. The molecule has 192 valence electrons. The predicted octanol–water partition coefficient (Wildman–Crippen LogP) is 8.76. The van der Waals surface area contributed by atoms with Gasteiger partial charge in [-0.2, -0.15) is 0 Å². The monoisotopic (exact) mass is 542 g/mol. The molecule has 0 saturated heterocycles. The Morgan fingerprint density at radius 2 is 0.455 bits per heavy atom. The van der Waals surface area contributed by atoms with E-state index in [1.165, 1.54) is 103 Å². The quantitative estimate of drug-likeness (QED) is 0.287. The second-order valence-electron chi connectivity index (χ2n) is 11.4. The summed E-state index contributed by atoms with van der Waals surface area (Å²) in [7, 11) is 0. The molecular weight excluding hydrogens is 492 g/mol. The van der Waals surface area contributed by atoms with Gasteiger partial charge in [0, 0.05) is 0 Å². The zero-order valence-electron chi connectivity index (χ0n) is 21.4. The molecule has 0 aromatic rings. The zero-order chi connectivity index (χ0) is 22.6. The number of hydrogen-bond acceptors (Lipinski definition) is 4. The third kappa shape index (κ3) is 9.60. The van der Waals surface area contributed by atoms with Crippen LogP contribution in [0.3, 0.4) is 0 Å². The summed E-state index contributed by atoms with van der Waals surface area (Å²) >= 11 is -4.23. The van der Waals surface area contributed by atoms with Crippen molar-refractivity contribution < 1.29 is 33.3 Å². The molecule has 0 amide bonds. The van der Waals surface area contributed by atoms with Crippen molar-refractivity contribution in [3.63, 3.8) is 0 Å². The van der Waals surface area contributed by atoms with Gasteiger partial charge in [0.1, 0.15) is 0 Å². The van der Waals surface area contributed by atoms with Crippen LogP contribution in [0, 0.1) is 0 Å². The fourth-order valence-electron chi connectivity index (χ4n) is 6.42. The first kappa shape index (κ1) is 26.8. The molecule has 4 fully saturated rings. The molecule has 0 heterocycles. The summed E-state index contributed by atoms with van der Waals surface area (Å²) in [5.74, 6) is 0. The zero-order valence-corrected chi connectivity index (χ0v) is 23.9. The Kier molecular flexibility index (Phi) is 12.2. The number of hydrogen-bond donors (Lipinski definition) is 0.